The number of benzene rings is 1. The number of hydrogen-bond acceptors (Lipinski definition) is 3. The average Bonchev–Trinajstić information content (AvgIpc) is 2.42. The Morgan fingerprint density at radius 1 is 1.29 bits per heavy atom. The number of hydrogen-bond donors (Lipinski definition) is 2. The van der Waals surface area contributed by atoms with E-state index in [2.05, 4.69) is 4.72 Å². The van der Waals surface area contributed by atoms with Gasteiger partial charge in [0.05, 0.1) is 4.90 Å². The van der Waals surface area contributed by atoms with Gasteiger partial charge < -0.3 is 5.73 Å². The molecule has 0 aliphatic heterocycles. The first-order chi connectivity index (χ1) is 9.76. The van der Waals surface area contributed by atoms with Crippen molar-refractivity contribution in [2.45, 2.75) is 58.0 Å². The molecule has 21 heavy (non-hydrogen) atoms. The minimum absolute atomic E-state index is 0.0271. The van der Waals surface area contributed by atoms with Gasteiger partial charge in [-0.2, -0.15) is 0 Å². The maximum Gasteiger partial charge on any atom is 0.241 e. The van der Waals surface area contributed by atoms with Gasteiger partial charge in [0.15, 0.2) is 0 Å². The maximum atomic E-state index is 13.8. The largest absolute Gasteiger partial charge is 0.326 e. The van der Waals surface area contributed by atoms with Gasteiger partial charge in [0, 0.05) is 18.2 Å². The Morgan fingerprint density at radius 3 is 2.33 bits per heavy atom. The van der Waals surface area contributed by atoms with E-state index in [4.69, 9.17) is 5.73 Å². The Kier molecular flexibility index (Phi) is 6.31. The molecule has 0 spiro atoms. The monoisotopic (exact) mass is 316 g/mol. The van der Waals surface area contributed by atoms with E-state index in [1.807, 2.05) is 20.8 Å². The predicted octanol–water partition coefficient (Wildman–Crippen LogP) is 2.70. The molecular weight excluding hydrogens is 291 g/mol. The second kappa shape index (κ2) is 7.33. The zero-order valence-corrected chi connectivity index (χ0v) is 13.9. The highest BCUT2D eigenvalue weighted by Gasteiger charge is 2.24. The Morgan fingerprint density at radius 2 is 1.86 bits per heavy atom. The normalized spacial score (nSPS) is 13.7. The summed E-state index contributed by atoms with van der Waals surface area (Å²) in [6.45, 7) is 7.46. The molecule has 3 N–H and O–H groups in total. The first-order valence-corrected chi connectivity index (χ1v) is 8.76. The summed E-state index contributed by atoms with van der Waals surface area (Å²) in [6.07, 6.45) is 1.77. The van der Waals surface area contributed by atoms with Crippen LogP contribution in [0.4, 0.5) is 4.39 Å². The second-order valence-corrected chi connectivity index (χ2v) is 7.07. The molecule has 0 radical (unpaired) electrons. The molecule has 0 aromatic heterocycles. The third-order valence-electron chi connectivity index (χ3n) is 3.98. The molecule has 4 nitrogen and oxygen atoms in total. The zero-order valence-electron chi connectivity index (χ0n) is 13.1. The lowest BCUT2D eigenvalue weighted by Gasteiger charge is -2.23. The smallest absolute Gasteiger partial charge is 0.241 e. The fourth-order valence-electron chi connectivity index (χ4n) is 2.50. The van der Waals surface area contributed by atoms with Crippen LogP contribution in [0.15, 0.2) is 17.0 Å². The van der Waals surface area contributed by atoms with Gasteiger partial charge in [-0.1, -0.05) is 26.7 Å². The molecule has 120 valence electrons. The van der Waals surface area contributed by atoms with Gasteiger partial charge in [0.2, 0.25) is 10.0 Å². The molecular formula is C15H25FN2O2S. The molecule has 0 saturated heterocycles. The summed E-state index contributed by atoms with van der Waals surface area (Å²) in [5.41, 5.74) is 6.08. The Labute approximate surface area is 127 Å². The lowest BCUT2D eigenvalue weighted by Crippen LogP contribution is -2.38. The van der Waals surface area contributed by atoms with Crippen molar-refractivity contribution < 1.29 is 12.8 Å². The summed E-state index contributed by atoms with van der Waals surface area (Å²) in [4.78, 5) is -0.0271. The molecule has 1 aromatic carbocycles. The van der Waals surface area contributed by atoms with Crippen LogP contribution in [-0.4, -0.2) is 14.5 Å². The van der Waals surface area contributed by atoms with Crippen LogP contribution < -0.4 is 10.5 Å². The third kappa shape index (κ3) is 4.25. The summed E-state index contributed by atoms with van der Waals surface area (Å²) >= 11 is 0. The molecule has 0 fully saturated rings. The highest BCUT2D eigenvalue weighted by atomic mass is 32.2. The molecule has 6 heteroatoms. The van der Waals surface area contributed by atoms with Crippen LogP contribution in [0.3, 0.4) is 0 Å². The van der Waals surface area contributed by atoms with Crippen molar-refractivity contribution in [1.29, 1.82) is 0 Å². The summed E-state index contributed by atoms with van der Waals surface area (Å²) in [6, 6.07) is 2.52. The lowest BCUT2D eigenvalue weighted by atomic mass is 9.96. The van der Waals surface area contributed by atoms with Crippen LogP contribution >= 0.6 is 0 Å². The molecule has 0 saturated carbocycles. The third-order valence-corrected chi connectivity index (χ3v) is 5.66. The summed E-state index contributed by atoms with van der Waals surface area (Å²) < 4.78 is 41.5. The van der Waals surface area contributed by atoms with E-state index in [9.17, 15) is 12.8 Å². The Hall–Kier alpha value is -0.980. The van der Waals surface area contributed by atoms with Gasteiger partial charge in [-0.25, -0.2) is 17.5 Å². The molecule has 1 rings (SSSR count). The van der Waals surface area contributed by atoms with Crippen molar-refractivity contribution in [3.63, 3.8) is 0 Å². The van der Waals surface area contributed by atoms with E-state index in [0.717, 1.165) is 12.8 Å². The predicted molar refractivity (Wildman–Crippen MR) is 82.9 cm³/mol. The zero-order chi connectivity index (χ0) is 16.2. The van der Waals surface area contributed by atoms with Crippen molar-refractivity contribution in [1.82, 2.24) is 4.72 Å². The highest BCUT2D eigenvalue weighted by molar-refractivity contribution is 7.89. The van der Waals surface area contributed by atoms with Gasteiger partial charge in [-0.05, 0) is 37.5 Å². The topological polar surface area (TPSA) is 72.2 Å². The van der Waals surface area contributed by atoms with Crippen molar-refractivity contribution >= 4 is 10.0 Å². The molecule has 0 heterocycles. The number of halogens is 1. The summed E-state index contributed by atoms with van der Waals surface area (Å²) in [7, 11) is -3.76. The van der Waals surface area contributed by atoms with Gasteiger partial charge >= 0.3 is 0 Å². The summed E-state index contributed by atoms with van der Waals surface area (Å²) in [5, 5.41) is 0. The fraction of sp³-hybridized carbons (Fsp3) is 0.600. The minimum atomic E-state index is -3.76. The lowest BCUT2D eigenvalue weighted by molar-refractivity contribution is 0.390. The van der Waals surface area contributed by atoms with E-state index in [0.29, 0.717) is 5.56 Å². The standard InChI is InChI=1S/C15H25FN2O2S/c1-5-13(6-2)11(4)18-21(19,20)15-8-12(9-17)7-14(16)10(15)3/h7-8,11,13,18H,5-6,9,17H2,1-4H3. The average molecular weight is 316 g/mol. The molecule has 0 aliphatic rings. The first-order valence-electron chi connectivity index (χ1n) is 7.28. The van der Waals surface area contributed by atoms with E-state index in [-0.39, 0.29) is 29.0 Å². The van der Waals surface area contributed by atoms with E-state index >= 15 is 0 Å². The number of nitrogens with one attached hydrogen (secondary N) is 1. The van der Waals surface area contributed by atoms with E-state index in [1.165, 1.54) is 19.1 Å². The minimum Gasteiger partial charge on any atom is -0.326 e. The highest BCUT2D eigenvalue weighted by Crippen LogP contribution is 2.22. The van der Waals surface area contributed by atoms with Gasteiger partial charge in [0.25, 0.3) is 0 Å². The Bertz CT molecular complexity index is 584. The number of nitrogens with two attached hydrogens (primary N) is 1. The van der Waals surface area contributed by atoms with Crippen molar-refractivity contribution in [2.24, 2.45) is 11.7 Å². The van der Waals surface area contributed by atoms with Crippen LogP contribution in [-0.2, 0) is 16.6 Å². The molecule has 1 unspecified atom stereocenters. The van der Waals surface area contributed by atoms with Crippen molar-refractivity contribution in [3.05, 3.63) is 29.1 Å². The molecule has 0 bridgehead atoms. The second-order valence-electron chi connectivity index (χ2n) is 5.39. The molecule has 0 amide bonds. The Balaban J connectivity index is 3.16. The fourth-order valence-corrected chi connectivity index (χ4v) is 4.12. The first kappa shape index (κ1) is 18.1. The molecule has 1 atom stereocenters. The van der Waals surface area contributed by atoms with Crippen molar-refractivity contribution in [2.75, 3.05) is 0 Å². The van der Waals surface area contributed by atoms with E-state index < -0.39 is 15.8 Å². The van der Waals surface area contributed by atoms with Crippen LogP contribution in [0.1, 0.15) is 44.7 Å². The van der Waals surface area contributed by atoms with Crippen LogP contribution in [0, 0.1) is 18.7 Å². The summed E-state index contributed by atoms with van der Waals surface area (Å²) in [5.74, 6) is -0.295. The van der Waals surface area contributed by atoms with Gasteiger partial charge in [0.1, 0.15) is 5.82 Å². The number of sulfonamides is 1. The molecule has 1 aromatic rings. The number of rotatable bonds is 7. The van der Waals surface area contributed by atoms with Gasteiger partial charge in [-0.15, -0.1) is 0 Å². The van der Waals surface area contributed by atoms with Crippen LogP contribution in [0.5, 0.6) is 0 Å². The van der Waals surface area contributed by atoms with E-state index in [1.54, 1.807) is 0 Å². The molecule has 0 aliphatic carbocycles. The van der Waals surface area contributed by atoms with Gasteiger partial charge in [-0.3, -0.25) is 0 Å². The van der Waals surface area contributed by atoms with Crippen molar-refractivity contribution in [3.8, 4) is 0 Å². The quantitative estimate of drug-likeness (QED) is 0.812. The van der Waals surface area contributed by atoms with Crippen LogP contribution in [0.25, 0.3) is 0 Å². The SMILES string of the molecule is CCC(CC)C(C)NS(=O)(=O)c1cc(CN)cc(F)c1C. The van der Waals surface area contributed by atoms with Crippen LogP contribution in [0.2, 0.25) is 0 Å². The maximum absolute atomic E-state index is 13.8.